The summed E-state index contributed by atoms with van der Waals surface area (Å²) < 4.78 is 17.7. The molecule has 3 N–H and O–H groups in total. The Hall–Kier alpha value is -4.02. The summed E-state index contributed by atoms with van der Waals surface area (Å²) in [5, 5.41) is 32.3. The second-order valence-corrected chi connectivity index (χ2v) is 8.66. The molecule has 37 heavy (non-hydrogen) atoms. The van der Waals surface area contributed by atoms with Crippen molar-refractivity contribution in [3.8, 4) is 5.75 Å². The maximum atomic E-state index is 13.3. The molecule has 2 amide bonds. The first kappa shape index (κ1) is 26.1. The second kappa shape index (κ2) is 10.5. The molecule has 0 radical (unpaired) electrons. The summed E-state index contributed by atoms with van der Waals surface area (Å²) in [4.78, 5) is 50.3. The number of aromatic nitrogens is 4. The van der Waals surface area contributed by atoms with Gasteiger partial charge in [-0.15, -0.1) is 5.10 Å². The van der Waals surface area contributed by atoms with Gasteiger partial charge in [-0.25, -0.2) is 9.48 Å². The third kappa shape index (κ3) is 4.73. The zero-order chi connectivity index (χ0) is 26.7. The van der Waals surface area contributed by atoms with Crippen molar-refractivity contribution in [2.75, 3.05) is 26.1 Å². The van der Waals surface area contributed by atoms with Crippen molar-refractivity contribution in [3.05, 3.63) is 41.1 Å². The number of benzene rings is 1. The Bertz CT molecular complexity index is 1280. The highest BCUT2D eigenvalue weighted by Crippen LogP contribution is 2.41. The monoisotopic (exact) mass is 534 g/mol. The molecule has 2 aliphatic heterocycles. The number of carboxylic acid groups (broad SMARTS) is 2. The van der Waals surface area contributed by atoms with Crippen LogP contribution < -0.4 is 10.1 Å². The molecular weight excluding hydrogens is 512 g/mol. The van der Waals surface area contributed by atoms with Crippen LogP contribution >= 0.6 is 11.8 Å². The minimum Gasteiger partial charge on any atom is -0.493 e. The number of thioether (sulfide) groups is 1. The highest BCUT2D eigenvalue weighted by Gasteiger charge is 2.67. The van der Waals surface area contributed by atoms with Gasteiger partial charge in [0.2, 0.25) is 5.16 Å². The van der Waals surface area contributed by atoms with Crippen LogP contribution in [0.4, 0.5) is 0 Å². The lowest BCUT2D eigenvalue weighted by Gasteiger charge is -2.55. The van der Waals surface area contributed by atoms with Gasteiger partial charge >= 0.3 is 11.9 Å². The highest BCUT2D eigenvalue weighted by molar-refractivity contribution is 7.99. The first-order chi connectivity index (χ1) is 17.7. The van der Waals surface area contributed by atoms with Crippen molar-refractivity contribution in [2.45, 2.75) is 30.6 Å². The van der Waals surface area contributed by atoms with Gasteiger partial charge in [-0.3, -0.25) is 19.3 Å². The Morgan fingerprint density at radius 2 is 2.05 bits per heavy atom. The first-order valence-corrected chi connectivity index (χ1v) is 11.8. The maximum absolute atomic E-state index is 13.3. The number of β-lactam (4-membered cyclic amide) rings is 1. The van der Waals surface area contributed by atoms with Crippen LogP contribution in [0.25, 0.3) is 0 Å². The summed E-state index contributed by atoms with van der Waals surface area (Å²) in [5.74, 6) is -3.76. The van der Waals surface area contributed by atoms with E-state index < -0.39 is 42.3 Å². The average Bonchev–Trinajstić information content (AvgIpc) is 3.31. The topological polar surface area (TPSA) is 195 Å². The third-order valence-corrected chi connectivity index (χ3v) is 6.57. The predicted octanol–water partition coefficient (Wildman–Crippen LogP) is -0.442. The number of ether oxygens (including phenoxy) is 3. The van der Waals surface area contributed by atoms with Crippen molar-refractivity contribution in [1.82, 2.24) is 30.4 Å². The molecule has 4 rings (SSSR count). The molecule has 2 aliphatic rings. The maximum Gasteiger partial charge on any atom is 0.352 e. The number of tetrazole rings is 1. The molecule has 2 aromatic rings. The summed E-state index contributed by atoms with van der Waals surface area (Å²) in [5.41, 5.74) is -1.90. The van der Waals surface area contributed by atoms with Crippen LogP contribution in [-0.2, 0) is 30.4 Å². The van der Waals surface area contributed by atoms with Crippen molar-refractivity contribution >= 4 is 35.5 Å². The fourth-order valence-corrected chi connectivity index (χ4v) is 4.77. The SMILES string of the molecule is CCOc1ccccc1C(=O)N[C@]1(OC)C(=O)N2C(C(=O)O)=C(CSc3nnnn3CC(=O)O)CO[C@@H]21. The number of carboxylic acids is 2. The number of aliphatic carboxylic acids is 2. The highest BCUT2D eigenvalue weighted by atomic mass is 32.2. The van der Waals surface area contributed by atoms with Gasteiger partial charge in [0.25, 0.3) is 17.5 Å². The number of nitrogens with one attached hydrogen (secondary N) is 1. The van der Waals surface area contributed by atoms with Crippen molar-refractivity contribution in [3.63, 3.8) is 0 Å². The number of hydrogen-bond acceptors (Lipinski definition) is 11. The normalized spacial score (nSPS) is 20.8. The molecule has 3 heterocycles. The van der Waals surface area contributed by atoms with Gasteiger partial charge in [0, 0.05) is 12.9 Å². The van der Waals surface area contributed by atoms with Crippen LogP contribution in [0.3, 0.4) is 0 Å². The molecular formula is C21H22N6O9S. The quantitative estimate of drug-likeness (QED) is 0.191. The van der Waals surface area contributed by atoms with Crippen molar-refractivity contribution < 1.29 is 43.6 Å². The zero-order valence-corrected chi connectivity index (χ0v) is 20.4. The fraction of sp³-hybridized carbons (Fsp3) is 0.381. The molecule has 1 fully saturated rings. The zero-order valence-electron chi connectivity index (χ0n) is 19.6. The van der Waals surface area contributed by atoms with Gasteiger partial charge in [-0.05, 0) is 35.1 Å². The lowest BCUT2D eigenvalue weighted by Crippen LogP contribution is -2.82. The van der Waals surface area contributed by atoms with Gasteiger partial charge in [-0.2, -0.15) is 0 Å². The second-order valence-electron chi connectivity index (χ2n) is 7.72. The number of carbonyl (C=O) groups excluding carboxylic acids is 2. The molecule has 1 saturated heterocycles. The number of nitrogens with zero attached hydrogens (tertiary/aromatic N) is 5. The van der Waals surface area contributed by atoms with Gasteiger partial charge in [-0.1, -0.05) is 23.9 Å². The molecule has 16 heteroatoms. The molecule has 2 atom stereocenters. The van der Waals surface area contributed by atoms with Crippen LogP contribution in [0.15, 0.2) is 40.7 Å². The Morgan fingerprint density at radius 1 is 1.30 bits per heavy atom. The Kier molecular flexibility index (Phi) is 7.42. The van der Waals surface area contributed by atoms with Crippen LogP contribution in [0.1, 0.15) is 17.3 Å². The smallest absolute Gasteiger partial charge is 0.352 e. The Labute approximate surface area is 213 Å². The minimum absolute atomic E-state index is 0.00774. The lowest BCUT2D eigenvalue weighted by atomic mass is 9.94. The minimum atomic E-state index is -1.96. The molecule has 0 bridgehead atoms. The van der Waals surface area contributed by atoms with E-state index in [1.54, 1.807) is 25.1 Å². The summed E-state index contributed by atoms with van der Waals surface area (Å²) in [6.45, 7) is 1.39. The van der Waals surface area contributed by atoms with Crippen LogP contribution in [-0.4, -0.2) is 97.1 Å². The number of amides is 2. The number of carbonyl (C=O) groups is 4. The fourth-order valence-electron chi connectivity index (χ4n) is 3.90. The van der Waals surface area contributed by atoms with E-state index in [0.29, 0.717) is 12.4 Å². The number of methoxy groups -OCH3 is 1. The number of rotatable bonds is 11. The average molecular weight is 535 g/mol. The van der Waals surface area contributed by atoms with Gasteiger partial charge in [0.1, 0.15) is 18.0 Å². The molecule has 1 aromatic carbocycles. The Morgan fingerprint density at radius 3 is 2.73 bits per heavy atom. The summed E-state index contributed by atoms with van der Waals surface area (Å²) in [6, 6.07) is 6.44. The largest absolute Gasteiger partial charge is 0.493 e. The standard InChI is InChI=1S/C21H22N6O9S/c1-3-35-13-7-5-4-6-12(13)16(30)22-21(34-2)18(33)27-15(17(31)32)11(9-36-19(21)27)10-37-20-23-24-25-26(20)8-14(28)29/h4-7,19H,3,8-10H2,1-2H3,(H,22,30)(H,28,29)(H,31,32)/t19-,21+/m1/s1. The van der Waals surface area contributed by atoms with E-state index >= 15 is 0 Å². The van der Waals surface area contributed by atoms with E-state index in [9.17, 15) is 24.3 Å². The number of para-hydroxylation sites is 1. The summed E-state index contributed by atoms with van der Waals surface area (Å²) in [6.07, 6.45) is -1.25. The van der Waals surface area contributed by atoms with E-state index in [-0.39, 0.29) is 34.3 Å². The molecule has 0 unspecified atom stereocenters. The Balaban J connectivity index is 1.56. The van der Waals surface area contributed by atoms with E-state index in [1.165, 1.54) is 13.2 Å². The summed E-state index contributed by atoms with van der Waals surface area (Å²) in [7, 11) is 1.20. The molecule has 1 aromatic heterocycles. The lowest BCUT2D eigenvalue weighted by molar-refractivity contribution is -0.255. The van der Waals surface area contributed by atoms with E-state index in [2.05, 4.69) is 20.8 Å². The molecule has 0 aliphatic carbocycles. The molecule has 0 saturated carbocycles. The van der Waals surface area contributed by atoms with Gasteiger partial charge in [0.05, 0.1) is 18.8 Å². The van der Waals surface area contributed by atoms with Crippen LogP contribution in [0.2, 0.25) is 0 Å². The first-order valence-electron chi connectivity index (χ1n) is 10.8. The van der Waals surface area contributed by atoms with Crippen LogP contribution in [0.5, 0.6) is 5.75 Å². The van der Waals surface area contributed by atoms with E-state index in [4.69, 9.17) is 19.3 Å². The van der Waals surface area contributed by atoms with E-state index in [1.807, 2.05) is 0 Å². The molecule has 0 spiro atoms. The third-order valence-electron chi connectivity index (χ3n) is 5.52. The molecule has 196 valence electrons. The van der Waals surface area contributed by atoms with Gasteiger partial charge < -0.3 is 29.7 Å². The molecule has 15 nitrogen and oxygen atoms in total. The van der Waals surface area contributed by atoms with Crippen molar-refractivity contribution in [1.29, 1.82) is 0 Å². The predicted molar refractivity (Wildman–Crippen MR) is 122 cm³/mol. The van der Waals surface area contributed by atoms with Crippen molar-refractivity contribution in [2.24, 2.45) is 0 Å². The number of fused-ring (bicyclic) bond motifs is 1. The summed E-state index contributed by atoms with van der Waals surface area (Å²) >= 11 is 0.981. The van der Waals surface area contributed by atoms with Crippen LogP contribution in [0, 0.1) is 0 Å². The van der Waals surface area contributed by atoms with Gasteiger partial charge in [0.15, 0.2) is 6.23 Å². The number of hydrogen-bond donors (Lipinski definition) is 3. The van der Waals surface area contributed by atoms with E-state index in [0.717, 1.165) is 21.3 Å².